The number of amides is 2. The highest BCUT2D eigenvalue weighted by Crippen LogP contribution is 2.23. The van der Waals surface area contributed by atoms with Crippen LogP contribution < -0.4 is 15.5 Å². The van der Waals surface area contributed by atoms with Gasteiger partial charge in [-0.1, -0.05) is 11.6 Å². The molecule has 1 aliphatic rings. The standard InChI is InChI=1S/C13H14ClN7O2/c1-19-6-8(5-16-19)21-3-2-20(7-11(21)22)13-9(12(15)23)4-10(14)17-18-13/h4-6H,2-3,7H2,1H3,(H2,15,23). The summed E-state index contributed by atoms with van der Waals surface area (Å²) in [5.74, 6) is -0.531. The molecule has 1 saturated heterocycles. The summed E-state index contributed by atoms with van der Waals surface area (Å²) in [4.78, 5) is 27.2. The maximum absolute atomic E-state index is 12.4. The molecule has 2 amide bonds. The summed E-state index contributed by atoms with van der Waals surface area (Å²) in [5, 5.41) is 11.8. The van der Waals surface area contributed by atoms with E-state index in [9.17, 15) is 9.59 Å². The van der Waals surface area contributed by atoms with Crippen molar-refractivity contribution < 1.29 is 9.59 Å². The van der Waals surface area contributed by atoms with Gasteiger partial charge in [0.2, 0.25) is 5.91 Å². The van der Waals surface area contributed by atoms with Gasteiger partial charge in [0, 0.05) is 26.3 Å². The van der Waals surface area contributed by atoms with Crippen molar-refractivity contribution in [1.29, 1.82) is 0 Å². The van der Waals surface area contributed by atoms with Crippen molar-refractivity contribution in [1.82, 2.24) is 20.0 Å². The Morgan fingerprint density at radius 1 is 1.35 bits per heavy atom. The molecule has 2 aromatic rings. The fraction of sp³-hybridized carbons (Fsp3) is 0.308. The lowest BCUT2D eigenvalue weighted by atomic mass is 10.2. The molecule has 10 heteroatoms. The second-order valence-electron chi connectivity index (χ2n) is 5.11. The molecule has 1 fully saturated rings. The number of rotatable bonds is 3. The third-order valence-corrected chi connectivity index (χ3v) is 3.72. The Morgan fingerprint density at radius 3 is 2.74 bits per heavy atom. The van der Waals surface area contributed by atoms with Crippen LogP contribution in [0, 0.1) is 0 Å². The van der Waals surface area contributed by atoms with Crippen LogP contribution in [0.2, 0.25) is 5.15 Å². The average molecular weight is 336 g/mol. The van der Waals surface area contributed by atoms with Crippen molar-refractivity contribution >= 4 is 34.9 Å². The second kappa shape index (κ2) is 5.84. The normalized spacial score (nSPS) is 15.1. The molecule has 0 unspecified atom stereocenters. The first-order valence-corrected chi connectivity index (χ1v) is 7.20. The van der Waals surface area contributed by atoms with E-state index in [4.69, 9.17) is 17.3 Å². The van der Waals surface area contributed by atoms with Crippen LogP contribution in [0.15, 0.2) is 18.5 Å². The van der Waals surface area contributed by atoms with Crippen LogP contribution >= 0.6 is 11.6 Å². The molecule has 2 N–H and O–H groups in total. The molecule has 1 aliphatic heterocycles. The lowest BCUT2D eigenvalue weighted by molar-refractivity contribution is -0.117. The molecule has 9 nitrogen and oxygen atoms in total. The number of piperazine rings is 1. The molecule has 2 aromatic heterocycles. The highest BCUT2D eigenvalue weighted by atomic mass is 35.5. The SMILES string of the molecule is Cn1cc(N2CCN(c3nnc(Cl)cc3C(N)=O)CC2=O)cn1. The first kappa shape index (κ1) is 15.2. The summed E-state index contributed by atoms with van der Waals surface area (Å²) < 4.78 is 1.63. The largest absolute Gasteiger partial charge is 0.365 e. The summed E-state index contributed by atoms with van der Waals surface area (Å²) in [6, 6.07) is 1.35. The Labute approximate surface area is 136 Å². The Morgan fingerprint density at radius 2 is 2.13 bits per heavy atom. The van der Waals surface area contributed by atoms with E-state index in [0.29, 0.717) is 13.1 Å². The molecule has 3 rings (SSSR count). The van der Waals surface area contributed by atoms with Crippen LogP contribution in [0.3, 0.4) is 0 Å². The molecular formula is C13H14ClN7O2. The van der Waals surface area contributed by atoms with Gasteiger partial charge < -0.3 is 15.5 Å². The zero-order valence-electron chi connectivity index (χ0n) is 12.3. The fourth-order valence-corrected chi connectivity index (χ4v) is 2.60. The van der Waals surface area contributed by atoms with E-state index in [1.807, 2.05) is 0 Å². The van der Waals surface area contributed by atoms with Gasteiger partial charge in [0.05, 0.1) is 24.0 Å². The molecule has 0 atom stereocenters. The lowest BCUT2D eigenvalue weighted by Gasteiger charge is -2.34. The van der Waals surface area contributed by atoms with E-state index in [-0.39, 0.29) is 29.0 Å². The van der Waals surface area contributed by atoms with Gasteiger partial charge >= 0.3 is 0 Å². The highest BCUT2D eigenvalue weighted by molar-refractivity contribution is 6.29. The Kier molecular flexibility index (Phi) is 3.87. The van der Waals surface area contributed by atoms with Crippen molar-refractivity contribution in [3.8, 4) is 0 Å². The molecule has 0 aliphatic carbocycles. The van der Waals surface area contributed by atoms with E-state index in [1.54, 1.807) is 33.9 Å². The summed E-state index contributed by atoms with van der Waals surface area (Å²) in [7, 11) is 1.78. The van der Waals surface area contributed by atoms with Crippen molar-refractivity contribution in [2.45, 2.75) is 0 Å². The van der Waals surface area contributed by atoms with E-state index in [2.05, 4.69) is 15.3 Å². The predicted octanol–water partition coefficient (Wildman–Crippen LogP) is -0.184. The van der Waals surface area contributed by atoms with Crippen LogP contribution in [0.25, 0.3) is 0 Å². The third kappa shape index (κ3) is 2.95. The first-order chi connectivity index (χ1) is 11.0. The summed E-state index contributed by atoms with van der Waals surface area (Å²) in [6.45, 7) is 0.982. The number of hydrogen-bond acceptors (Lipinski definition) is 6. The highest BCUT2D eigenvalue weighted by Gasteiger charge is 2.29. The minimum absolute atomic E-state index is 0.0610. The van der Waals surface area contributed by atoms with E-state index < -0.39 is 5.91 Å². The van der Waals surface area contributed by atoms with Crippen molar-refractivity contribution in [2.24, 2.45) is 12.8 Å². The van der Waals surface area contributed by atoms with Crippen molar-refractivity contribution in [2.75, 3.05) is 29.4 Å². The van der Waals surface area contributed by atoms with Crippen molar-refractivity contribution in [3.63, 3.8) is 0 Å². The number of carbonyl (C=O) groups is 2. The molecular weight excluding hydrogens is 322 g/mol. The Hall–Kier alpha value is -2.68. The van der Waals surface area contributed by atoms with Gasteiger partial charge in [-0.15, -0.1) is 10.2 Å². The number of nitrogens with two attached hydrogens (primary N) is 1. The summed E-state index contributed by atoms with van der Waals surface area (Å²) in [5.41, 5.74) is 6.22. The molecule has 23 heavy (non-hydrogen) atoms. The van der Waals surface area contributed by atoms with Gasteiger partial charge in [-0.05, 0) is 6.07 Å². The van der Waals surface area contributed by atoms with Crippen LogP contribution in [-0.2, 0) is 11.8 Å². The van der Waals surface area contributed by atoms with Gasteiger partial charge in [0.1, 0.15) is 0 Å². The van der Waals surface area contributed by atoms with Crippen molar-refractivity contribution in [3.05, 3.63) is 29.2 Å². The van der Waals surface area contributed by atoms with Gasteiger partial charge in [-0.3, -0.25) is 14.3 Å². The quantitative estimate of drug-likeness (QED) is 0.832. The summed E-state index contributed by atoms with van der Waals surface area (Å²) in [6.07, 6.45) is 3.40. The lowest BCUT2D eigenvalue weighted by Crippen LogP contribution is -2.51. The molecule has 0 bridgehead atoms. The van der Waals surface area contributed by atoms with E-state index >= 15 is 0 Å². The number of halogens is 1. The minimum Gasteiger partial charge on any atom is -0.365 e. The van der Waals surface area contributed by atoms with Crippen LogP contribution in [0.1, 0.15) is 10.4 Å². The molecule has 0 spiro atoms. The topological polar surface area (TPSA) is 110 Å². The number of aryl methyl sites for hydroxylation is 1. The van der Waals surface area contributed by atoms with E-state index in [1.165, 1.54) is 6.07 Å². The number of anilines is 2. The third-order valence-electron chi connectivity index (χ3n) is 3.53. The maximum atomic E-state index is 12.4. The fourth-order valence-electron chi connectivity index (χ4n) is 2.45. The van der Waals surface area contributed by atoms with Gasteiger partial charge in [0.25, 0.3) is 5.91 Å². The van der Waals surface area contributed by atoms with Crippen LogP contribution in [0.4, 0.5) is 11.5 Å². The van der Waals surface area contributed by atoms with Crippen LogP contribution in [0.5, 0.6) is 0 Å². The monoisotopic (exact) mass is 335 g/mol. The molecule has 0 radical (unpaired) electrons. The number of carbonyl (C=O) groups excluding carboxylic acids is 2. The number of primary amides is 1. The number of aromatic nitrogens is 4. The molecule has 0 saturated carbocycles. The maximum Gasteiger partial charge on any atom is 0.252 e. The summed E-state index contributed by atoms with van der Waals surface area (Å²) >= 11 is 5.75. The van der Waals surface area contributed by atoms with Crippen LogP contribution in [-0.4, -0.2) is 51.4 Å². The number of nitrogens with zero attached hydrogens (tertiary/aromatic N) is 6. The number of hydrogen-bond donors (Lipinski definition) is 1. The van der Waals surface area contributed by atoms with E-state index in [0.717, 1.165) is 5.69 Å². The average Bonchev–Trinajstić information content (AvgIpc) is 2.93. The first-order valence-electron chi connectivity index (χ1n) is 6.82. The molecule has 3 heterocycles. The second-order valence-corrected chi connectivity index (χ2v) is 5.49. The Balaban J connectivity index is 1.83. The minimum atomic E-state index is -0.668. The van der Waals surface area contributed by atoms with Gasteiger partial charge in [-0.2, -0.15) is 5.10 Å². The zero-order valence-corrected chi connectivity index (χ0v) is 13.1. The Bertz CT molecular complexity index is 775. The molecule has 0 aromatic carbocycles. The smallest absolute Gasteiger partial charge is 0.252 e. The van der Waals surface area contributed by atoms with Gasteiger partial charge in [0.15, 0.2) is 11.0 Å². The molecule has 120 valence electrons. The zero-order chi connectivity index (χ0) is 16.6. The van der Waals surface area contributed by atoms with Gasteiger partial charge in [-0.25, -0.2) is 0 Å². The predicted molar refractivity (Wildman–Crippen MR) is 83.3 cm³/mol.